The molecule has 0 aromatic heterocycles. The first kappa shape index (κ1) is 16.2. The van der Waals surface area contributed by atoms with Gasteiger partial charge >= 0.3 is 0 Å². The number of hydrogen-bond acceptors (Lipinski definition) is 4. The fourth-order valence-electron chi connectivity index (χ4n) is 3.27. The number of sulfonamides is 1. The second-order valence-electron chi connectivity index (χ2n) is 6.00. The summed E-state index contributed by atoms with van der Waals surface area (Å²) in [4.78, 5) is 17.2. The van der Waals surface area contributed by atoms with Crippen molar-refractivity contribution in [1.29, 1.82) is 0 Å². The van der Waals surface area contributed by atoms with Crippen LogP contribution in [0.3, 0.4) is 0 Å². The van der Waals surface area contributed by atoms with E-state index in [-0.39, 0.29) is 16.7 Å². The molecule has 0 radical (unpaired) electrons. The molecule has 1 aromatic carbocycles. The van der Waals surface area contributed by atoms with Gasteiger partial charge in [-0.05, 0) is 48.9 Å². The van der Waals surface area contributed by atoms with Gasteiger partial charge in [-0.1, -0.05) is 16.6 Å². The van der Waals surface area contributed by atoms with Gasteiger partial charge in [0, 0.05) is 18.7 Å². The van der Waals surface area contributed by atoms with E-state index in [4.69, 9.17) is 4.84 Å². The van der Waals surface area contributed by atoms with Gasteiger partial charge in [0.1, 0.15) is 0 Å². The van der Waals surface area contributed by atoms with Crippen molar-refractivity contribution in [2.24, 2.45) is 17.8 Å². The maximum absolute atomic E-state index is 12.3. The molecule has 0 aliphatic heterocycles. The molecule has 2 bridgehead atoms. The minimum absolute atomic E-state index is 0.00599. The van der Waals surface area contributed by atoms with Crippen LogP contribution in [-0.4, -0.2) is 33.0 Å². The lowest BCUT2D eigenvalue weighted by Gasteiger charge is -2.18. The van der Waals surface area contributed by atoms with Gasteiger partial charge in [0.05, 0.1) is 12.0 Å². The number of amides is 1. The Balaban J connectivity index is 1.68. The fraction of sp³-hybridized carbons (Fsp3) is 0.438. The van der Waals surface area contributed by atoms with Crippen molar-refractivity contribution in [2.45, 2.75) is 17.7 Å². The van der Waals surface area contributed by atoms with E-state index in [1.165, 1.54) is 26.3 Å². The van der Waals surface area contributed by atoms with Gasteiger partial charge in [0.2, 0.25) is 5.91 Å². The number of carbonyl (C=O) groups excluding carboxylic acids is 1. The minimum atomic E-state index is -3.67. The molecule has 23 heavy (non-hydrogen) atoms. The number of nitrogens with zero attached hydrogens (tertiary/aromatic N) is 1. The summed E-state index contributed by atoms with van der Waals surface area (Å²) in [7, 11) is -1.05. The van der Waals surface area contributed by atoms with E-state index in [1.54, 1.807) is 12.1 Å². The van der Waals surface area contributed by atoms with Gasteiger partial charge < -0.3 is 5.32 Å². The van der Waals surface area contributed by atoms with Crippen molar-refractivity contribution >= 4 is 21.6 Å². The molecule has 2 aliphatic carbocycles. The molecular formula is C16H20N2O4S. The monoisotopic (exact) mass is 336 g/mol. The molecule has 124 valence electrons. The molecule has 0 heterocycles. The Morgan fingerprint density at radius 1 is 1.22 bits per heavy atom. The summed E-state index contributed by atoms with van der Waals surface area (Å²) in [5, 5.41) is 2.88. The van der Waals surface area contributed by atoms with Crippen molar-refractivity contribution in [3.63, 3.8) is 0 Å². The summed E-state index contributed by atoms with van der Waals surface area (Å²) in [6, 6.07) is 6.11. The average molecular weight is 336 g/mol. The van der Waals surface area contributed by atoms with Gasteiger partial charge in [-0.3, -0.25) is 9.63 Å². The average Bonchev–Trinajstić information content (AvgIpc) is 3.17. The first-order valence-corrected chi connectivity index (χ1v) is 8.98. The van der Waals surface area contributed by atoms with Crippen LogP contribution >= 0.6 is 0 Å². The molecule has 1 saturated carbocycles. The SMILES string of the molecule is CON(C)S(=O)(=O)c1ccc(NC(=O)[C@H]2C[C@H]3C=C[C@H]2C3)cc1. The Kier molecular flexibility index (Phi) is 4.27. The molecule has 2 aliphatic rings. The largest absolute Gasteiger partial charge is 0.326 e. The molecule has 3 atom stereocenters. The first-order valence-electron chi connectivity index (χ1n) is 7.54. The lowest BCUT2D eigenvalue weighted by molar-refractivity contribution is -0.120. The summed E-state index contributed by atoms with van der Waals surface area (Å²) in [6.45, 7) is 0. The van der Waals surface area contributed by atoms with Crippen LogP contribution in [0.2, 0.25) is 0 Å². The topological polar surface area (TPSA) is 75.7 Å². The number of allylic oxidation sites excluding steroid dienone is 2. The molecule has 1 N–H and O–H groups in total. The minimum Gasteiger partial charge on any atom is -0.326 e. The summed E-state index contributed by atoms with van der Waals surface area (Å²) < 4.78 is 25.0. The van der Waals surface area contributed by atoms with Crippen LogP contribution in [-0.2, 0) is 19.7 Å². The normalized spacial score (nSPS) is 26.0. The predicted molar refractivity (Wildman–Crippen MR) is 85.9 cm³/mol. The van der Waals surface area contributed by atoms with Crippen LogP contribution in [0.15, 0.2) is 41.3 Å². The van der Waals surface area contributed by atoms with Crippen molar-refractivity contribution in [1.82, 2.24) is 4.47 Å². The van der Waals surface area contributed by atoms with E-state index in [1.807, 2.05) is 0 Å². The third-order valence-electron chi connectivity index (χ3n) is 4.63. The van der Waals surface area contributed by atoms with Crippen molar-refractivity contribution < 1.29 is 18.0 Å². The van der Waals surface area contributed by atoms with Crippen LogP contribution in [0.5, 0.6) is 0 Å². The zero-order chi connectivity index (χ0) is 16.6. The highest BCUT2D eigenvalue weighted by molar-refractivity contribution is 7.89. The third-order valence-corrected chi connectivity index (χ3v) is 6.32. The number of fused-ring (bicyclic) bond motifs is 2. The van der Waals surface area contributed by atoms with Crippen LogP contribution < -0.4 is 5.32 Å². The summed E-state index contributed by atoms with van der Waals surface area (Å²) >= 11 is 0. The van der Waals surface area contributed by atoms with Gasteiger partial charge in [-0.25, -0.2) is 8.42 Å². The van der Waals surface area contributed by atoms with E-state index < -0.39 is 10.0 Å². The molecule has 1 amide bonds. The number of benzene rings is 1. The Morgan fingerprint density at radius 3 is 2.43 bits per heavy atom. The molecule has 1 fully saturated rings. The number of hydrogen-bond donors (Lipinski definition) is 1. The quantitative estimate of drug-likeness (QED) is 0.659. The van der Waals surface area contributed by atoms with Gasteiger partial charge in [-0.2, -0.15) is 0 Å². The molecule has 6 nitrogen and oxygen atoms in total. The molecule has 1 aromatic rings. The maximum Gasteiger partial charge on any atom is 0.264 e. The van der Waals surface area contributed by atoms with Crippen LogP contribution in [0.25, 0.3) is 0 Å². The Morgan fingerprint density at radius 2 is 1.91 bits per heavy atom. The van der Waals surface area contributed by atoms with Gasteiger partial charge in [-0.15, -0.1) is 0 Å². The Labute approximate surface area is 136 Å². The standard InChI is InChI=1S/C16H20N2O4S/c1-18(22-2)23(20,21)14-7-5-13(6-8-14)17-16(19)15-10-11-3-4-12(15)9-11/h3-8,11-12,15H,9-10H2,1-2H3,(H,17,19)/t11-,12-,15-/m0/s1. The zero-order valence-electron chi connectivity index (χ0n) is 13.1. The fourth-order valence-corrected chi connectivity index (χ4v) is 4.25. The molecule has 7 heteroatoms. The lowest BCUT2D eigenvalue weighted by Crippen LogP contribution is -2.26. The molecule has 0 spiro atoms. The van der Waals surface area contributed by atoms with E-state index >= 15 is 0 Å². The zero-order valence-corrected chi connectivity index (χ0v) is 13.9. The van der Waals surface area contributed by atoms with E-state index in [0.29, 0.717) is 17.5 Å². The van der Waals surface area contributed by atoms with E-state index in [9.17, 15) is 13.2 Å². The highest BCUT2D eigenvalue weighted by Gasteiger charge is 2.39. The molecular weight excluding hydrogens is 316 g/mol. The van der Waals surface area contributed by atoms with Gasteiger partial charge in [0.25, 0.3) is 10.0 Å². The Hall–Kier alpha value is -1.70. The number of nitrogens with one attached hydrogen (secondary N) is 1. The van der Waals surface area contributed by atoms with Crippen LogP contribution in [0.4, 0.5) is 5.69 Å². The first-order chi connectivity index (χ1) is 10.9. The van der Waals surface area contributed by atoms with Crippen LogP contribution in [0.1, 0.15) is 12.8 Å². The van der Waals surface area contributed by atoms with Crippen molar-refractivity contribution in [2.75, 3.05) is 19.5 Å². The predicted octanol–water partition coefficient (Wildman–Crippen LogP) is 2.02. The molecule has 0 unspecified atom stereocenters. The lowest BCUT2D eigenvalue weighted by atomic mass is 9.93. The summed E-state index contributed by atoms with van der Waals surface area (Å²) in [5.41, 5.74) is 0.598. The van der Waals surface area contributed by atoms with Crippen molar-refractivity contribution in [3.8, 4) is 0 Å². The molecule has 0 saturated heterocycles. The van der Waals surface area contributed by atoms with E-state index in [2.05, 4.69) is 17.5 Å². The maximum atomic E-state index is 12.3. The smallest absolute Gasteiger partial charge is 0.264 e. The highest BCUT2D eigenvalue weighted by Crippen LogP contribution is 2.43. The van der Waals surface area contributed by atoms with E-state index in [0.717, 1.165) is 17.3 Å². The second-order valence-corrected chi connectivity index (χ2v) is 7.93. The summed E-state index contributed by atoms with van der Waals surface area (Å²) in [6.07, 6.45) is 6.30. The number of hydroxylamine groups is 1. The highest BCUT2D eigenvalue weighted by atomic mass is 32.2. The molecule has 3 rings (SSSR count). The van der Waals surface area contributed by atoms with Crippen molar-refractivity contribution in [3.05, 3.63) is 36.4 Å². The Bertz CT molecular complexity index is 727. The number of anilines is 1. The van der Waals surface area contributed by atoms with Crippen LogP contribution in [0, 0.1) is 17.8 Å². The number of rotatable bonds is 5. The van der Waals surface area contributed by atoms with Gasteiger partial charge in [0.15, 0.2) is 0 Å². The summed E-state index contributed by atoms with van der Waals surface area (Å²) in [5.74, 6) is 0.905. The second kappa shape index (κ2) is 6.07. The third kappa shape index (κ3) is 3.04. The number of carbonyl (C=O) groups is 1.